The second kappa shape index (κ2) is 9.81. The van der Waals surface area contributed by atoms with Gasteiger partial charge in [-0.05, 0) is 32.1 Å². The van der Waals surface area contributed by atoms with Gasteiger partial charge in [0.2, 0.25) is 0 Å². The second-order valence-electron chi connectivity index (χ2n) is 12.1. The van der Waals surface area contributed by atoms with E-state index in [9.17, 15) is 24.9 Å². The molecule has 10 heteroatoms. The summed E-state index contributed by atoms with van der Waals surface area (Å²) in [6, 6.07) is 0. The number of ether oxygens (including phenoxy) is 2. The highest BCUT2D eigenvalue weighted by molar-refractivity contribution is 7.99. The summed E-state index contributed by atoms with van der Waals surface area (Å²) in [4.78, 5) is 29.0. The molecule has 0 bridgehead atoms. The number of aliphatic hydroxyl groups is 3. The normalized spacial score (nSPS) is 46.6. The molecule has 8 atom stereocenters. The first-order valence-electron chi connectivity index (χ1n) is 12.6. The third-order valence-electron chi connectivity index (χ3n) is 9.46. The topological polar surface area (TPSA) is 117 Å². The van der Waals surface area contributed by atoms with Crippen molar-refractivity contribution in [3.8, 4) is 0 Å². The lowest BCUT2D eigenvalue weighted by Crippen LogP contribution is -2.86. The molecule has 2 saturated carbocycles. The average molecular weight is 548 g/mol. The molecule has 4 aliphatic rings. The molecule has 0 radical (unpaired) electrons. The lowest BCUT2D eigenvalue weighted by atomic mass is 9.40. The number of hydrogen-bond donors (Lipinski definition) is 3. The maximum absolute atomic E-state index is 13.8. The van der Waals surface area contributed by atoms with Crippen LogP contribution in [0.2, 0.25) is 0 Å². The van der Waals surface area contributed by atoms with Crippen LogP contribution in [0.3, 0.4) is 0 Å². The zero-order chi connectivity index (χ0) is 26.0. The third-order valence-corrected chi connectivity index (χ3v) is 10.4. The van der Waals surface area contributed by atoms with E-state index in [2.05, 4.69) is 6.58 Å². The van der Waals surface area contributed by atoms with Crippen LogP contribution in [-0.2, 0) is 19.1 Å². The predicted molar refractivity (Wildman–Crippen MR) is 140 cm³/mol. The summed E-state index contributed by atoms with van der Waals surface area (Å²) in [7, 11) is 0. The van der Waals surface area contributed by atoms with E-state index in [1.165, 1.54) is 13.0 Å². The zero-order valence-electron chi connectivity index (χ0n) is 22.0. The molecule has 0 spiro atoms. The van der Waals surface area contributed by atoms with Crippen molar-refractivity contribution in [1.82, 2.24) is 4.90 Å². The number of rotatable bonds is 4. The van der Waals surface area contributed by atoms with Gasteiger partial charge in [0.25, 0.3) is 0 Å². The van der Waals surface area contributed by atoms with Gasteiger partial charge >= 0.3 is 5.97 Å². The fourth-order valence-corrected chi connectivity index (χ4v) is 8.51. The summed E-state index contributed by atoms with van der Waals surface area (Å²) < 4.78 is 12.4. The number of carbonyl (C=O) groups is 2. The van der Waals surface area contributed by atoms with Crippen LogP contribution in [0.15, 0.2) is 12.7 Å². The van der Waals surface area contributed by atoms with Gasteiger partial charge in [-0.1, -0.05) is 26.8 Å². The van der Waals surface area contributed by atoms with Gasteiger partial charge in [-0.2, -0.15) is 11.8 Å². The fraction of sp³-hybridized carbons (Fsp3) is 0.846. The predicted octanol–water partition coefficient (Wildman–Crippen LogP) is 1.97. The molecule has 36 heavy (non-hydrogen) atoms. The highest BCUT2D eigenvalue weighted by Crippen LogP contribution is 2.67. The van der Waals surface area contributed by atoms with Crippen LogP contribution in [0, 0.1) is 16.7 Å². The van der Waals surface area contributed by atoms with E-state index >= 15 is 0 Å². The summed E-state index contributed by atoms with van der Waals surface area (Å²) in [5.74, 6) is 0.226. The SMILES string of the molecule is C=C[C@@]1(C)CC(=O)[C@]2(O)C3(C)C(C(OC(=O)CN4CCSCC4)C(O)[C@@]2(C)O1)C(C)(C)CC[C@@H]3O.Cl. The summed E-state index contributed by atoms with van der Waals surface area (Å²) in [6.07, 6.45) is -1.33. The van der Waals surface area contributed by atoms with Crippen LogP contribution in [-0.4, -0.2) is 98.2 Å². The van der Waals surface area contributed by atoms with E-state index in [1.807, 2.05) is 30.5 Å². The number of Topliss-reactive ketones (excluding diaryl/α,β-unsaturated/α-hetero) is 1. The number of fused-ring (bicyclic) bond motifs is 3. The molecule has 0 aromatic rings. The number of esters is 1. The molecule has 4 rings (SSSR count). The maximum atomic E-state index is 13.8. The number of hydrogen-bond acceptors (Lipinski definition) is 9. The molecule has 0 aromatic heterocycles. The molecule has 2 aliphatic heterocycles. The molecule has 2 aliphatic carbocycles. The number of aliphatic hydroxyl groups excluding tert-OH is 2. The van der Waals surface area contributed by atoms with Gasteiger partial charge in [-0.25, -0.2) is 0 Å². The van der Waals surface area contributed by atoms with Crippen molar-refractivity contribution in [2.75, 3.05) is 31.1 Å². The highest BCUT2D eigenvalue weighted by Gasteiger charge is 2.81. The zero-order valence-corrected chi connectivity index (χ0v) is 23.6. The van der Waals surface area contributed by atoms with Crippen molar-refractivity contribution in [3.05, 3.63) is 12.7 Å². The van der Waals surface area contributed by atoms with Gasteiger partial charge in [0.05, 0.1) is 18.2 Å². The molecule has 8 nitrogen and oxygen atoms in total. The standard InChI is InChI=1S/C26H41NO7S.ClH/c1-7-23(4)14-17(29)26(32)24(5)16(28)8-9-22(2,3)20(24)19(21(31)25(26,6)34-23)33-18(30)15-27-10-12-35-13-11-27;/h7,16,19-21,28,31-32H,1,8-15H2,2-6H3;1H/t16-,19?,20?,21?,23-,24?,25+,26-;/m0./s1. The molecular formula is C26H42ClNO7S. The molecule has 0 aromatic carbocycles. The molecule has 4 fully saturated rings. The fourth-order valence-electron chi connectivity index (χ4n) is 7.54. The Morgan fingerprint density at radius 2 is 1.83 bits per heavy atom. The Labute approximate surface area is 224 Å². The van der Waals surface area contributed by atoms with Crippen molar-refractivity contribution in [2.24, 2.45) is 16.7 Å². The van der Waals surface area contributed by atoms with Crippen molar-refractivity contribution >= 4 is 35.9 Å². The molecule has 206 valence electrons. The van der Waals surface area contributed by atoms with Crippen molar-refractivity contribution in [2.45, 2.75) is 89.0 Å². The third kappa shape index (κ3) is 4.17. The van der Waals surface area contributed by atoms with Gasteiger partial charge in [0, 0.05) is 42.3 Å². The largest absolute Gasteiger partial charge is 0.458 e. The van der Waals surface area contributed by atoms with Crippen molar-refractivity contribution in [1.29, 1.82) is 0 Å². The van der Waals surface area contributed by atoms with Crippen molar-refractivity contribution < 1.29 is 34.4 Å². The lowest BCUT2D eigenvalue weighted by molar-refractivity contribution is -0.370. The van der Waals surface area contributed by atoms with Crippen LogP contribution >= 0.6 is 24.2 Å². The highest BCUT2D eigenvalue weighted by atomic mass is 35.5. The minimum atomic E-state index is -2.20. The summed E-state index contributed by atoms with van der Waals surface area (Å²) in [5, 5.41) is 35.5. The van der Waals surface area contributed by atoms with E-state index in [4.69, 9.17) is 9.47 Å². The van der Waals surface area contributed by atoms with Crippen LogP contribution in [0.25, 0.3) is 0 Å². The first-order chi connectivity index (χ1) is 16.2. The van der Waals surface area contributed by atoms with Crippen LogP contribution in [0.1, 0.15) is 53.9 Å². The molecule has 3 N–H and O–H groups in total. The number of ketones is 1. The summed E-state index contributed by atoms with van der Waals surface area (Å²) >= 11 is 1.84. The van der Waals surface area contributed by atoms with Crippen molar-refractivity contribution in [3.63, 3.8) is 0 Å². The number of halogens is 1. The Hall–Kier alpha value is -0.680. The van der Waals surface area contributed by atoms with Crippen LogP contribution < -0.4 is 0 Å². The number of carbonyl (C=O) groups excluding carboxylic acids is 2. The van der Waals surface area contributed by atoms with Crippen LogP contribution in [0.5, 0.6) is 0 Å². The second-order valence-corrected chi connectivity index (χ2v) is 13.4. The minimum absolute atomic E-state index is 0. The Morgan fingerprint density at radius 1 is 1.22 bits per heavy atom. The summed E-state index contributed by atoms with van der Waals surface area (Å²) in [5.41, 5.74) is -7.13. The molecule has 0 amide bonds. The quantitative estimate of drug-likeness (QED) is 0.359. The molecule has 4 unspecified atom stereocenters. The summed E-state index contributed by atoms with van der Waals surface area (Å²) in [6.45, 7) is 14.3. The first-order valence-corrected chi connectivity index (χ1v) is 13.8. The maximum Gasteiger partial charge on any atom is 0.320 e. The minimum Gasteiger partial charge on any atom is -0.458 e. The van der Waals surface area contributed by atoms with Gasteiger partial charge in [-0.3, -0.25) is 14.5 Å². The molecule has 2 heterocycles. The van der Waals surface area contributed by atoms with E-state index in [0.717, 1.165) is 24.6 Å². The Morgan fingerprint density at radius 3 is 2.42 bits per heavy atom. The Kier molecular flexibility index (Phi) is 8.14. The molecular weight excluding hydrogens is 506 g/mol. The van der Waals surface area contributed by atoms with E-state index in [1.54, 1.807) is 13.8 Å². The number of thioether (sulfide) groups is 1. The molecule has 2 saturated heterocycles. The van der Waals surface area contributed by atoms with Crippen LogP contribution in [0.4, 0.5) is 0 Å². The Bertz CT molecular complexity index is 898. The monoisotopic (exact) mass is 547 g/mol. The van der Waals surface area contributed by atoms with Gasteiger partial charge in [-0.15, -0.1) is 19.0 Å². The van der Waals surface area contributed by atoms with E-state index < -0.39 is 63.6 Å². The van der Waals surface area contributed by atoms with E-state index in [-0.39, 0.29) is 25.4 Å². The number of nitrogens with zero attached hydrogens (tertiary/aromatic N) is 1. The smallest absolute Gasteiger partial charge is 0.320 e. The van der Waals surface area contributed by atoms with Gasteiger partial charge in [0.1, 0.15) is 17.8 Å². The lowest BCUT2D eigenvalue weighted by Gasteiger charge is -2.71. The van der Waals surface area contributed by atoms with E-state index in [0.29, 0.717) is 12.8 Å². The van der Waals surface area contributed by atoms with Gasteiger partial charge < -0.3 is 24.8 Å². The first kappa shape index (κ1) is 29.9. The Balaban J connectivity index is 0.00000361. The average Bonchev–Trinajstić information content (AvgIpc) is 2.78. The van der Waals surface area contributed by atoms with Gasteiger partial charge in [0.15, 0.2) is 11.4 Å².